The van der Waals surface area contributed by atoms with E-state index in [9.17, 15) is 4.79 Å². The van der Waals surface area contributed by atoms with E-state index in [1.54, 1.807) is 13.2 Å². The van der Waals surface area contributed by atoms with Gasteiger partial charge in [0.05, 0.1) is 12.6 Å². The molecule has 1 unspecified atom stereocenters. The summed E-state index contributed by atoms with van der Waals surface area (Å²) in [5.74, 6) is 0.839. The summed E-state index contributed by atoms with van der Waals surface area (Å²) in [5, 5.41) is 4.63. The number of carbonyl (C=O) groups excluding carboxylic acids is 1. The molecular weight excluding hydrogens is 280 g/mol. The molecule has 0 spiro atoms. The average molecular weight is 298 g/mol. The van der Waals surface area contributed by atoms with Gasteiger partial charge in [0.1, 0.15) is 5.75 Å². The number of nitrogens with zero attached hydrogens (tertiary/aromatic N) is 1. The van der Waals surface area contributed by atoms with E-state index in [2.05, 4.69) is 10.3 Å². The number of benzene rings is 1. The van der Waals surface area contributed by atoms with Crippen molar-refractivity contribution in [1.82, 2.24) is 10.3 Å². The number of aromatic nitrogens is 1. The molecule has 0 radical (unpaired) electrons. The van der Waals surface area contributed by atoms with Gasteiger partial charge in [-0.05, 0) is 43.7 Å². The van der Waals surface area contributed by atoms with Crippen molar-refractivity contribution >= 4 is 27.9 Å². The Morgan fingerprint density at radius 3 is 2.86 bits per heavy atom. The summed E-state index contributed by atoms with van der Waals surface area (Å²) in [7, 11) is 1.63. The summed E-state index contributed by atoms with van der Waals surface area (Å²) in [4.78, 5) is 16.6. The lowest BCUT2D eigenvalue weighted by Gasteiger charge is -2.08. The minimum absolute atomic E-state index is 0.108. The zero-order chi connectivity index (χ0) is 15.7. The highest BCUT2D eigenvalue weighted by atomic mass is 16.5. The van der Waals surface area contributed by atoms with E-state index < -0.39 is 0 Å². The molecule has 0 fully saturated rings. The second-order valence-electron chi connectivity index (χ2n) is 5.33. The molecule has 3 rings (SSSR count). The maximum Gasteiger partial charge on any atom is 0.287 e. The van der Waals surface area contributed by atoms with Crippen molar-refractivity contribution in [3.05, 3.63) is 36.1 Å². The highest BCUT2D eigenvalue weighted by molar-refractivity contribution is 5.98. The molecule has 114 valence electrons. The Morgan fingerprint density at radius 1 is 1.32 bits per heavy atom. The Kier molecular flexibility index (Phi) is 3.71. The van der Waals surface area contributed by atoms with E-state index in [4.69, 9.17) is 9.15 Å². The van der Waals surface area contributed by atoms with Gasteiger partial charge >= 0.3 is 0 Å². The maximum absolute atomic E-state index is 12.1. The summed E-state index contributed by atoms with van der Waals surface area (Å²) < 4.78 is 10.8. The van der Waals surface area contributed by atoms with Crippen molar-refractivity contribution in [3.63, 3.8) is 0 Å². The lowest BCUT2D eigenvalue weighted by Crippen LogP contribution is -2.31. The molecule has 0 saturated heterocycles. The first-order valence-electron chi connectivity index (χ1n) is 7.30. The van der Waals surface area contributed by atoms with Gasteiger partial charge in [-0.2, -0.15) is 0 Å². The van der Waals surface area contributed by atoms with Crippen molar-refractivity contribution in [3.8, 4) is 5.75 Å². The SMILES string of the molecule is CCC(C)NC(=O)c1cc2cc3cc(OC)ccc3nc2o1. The number of nitrogens with one attached hydrogen (secondary N) is 1. The van der Waals surface area contributed by atoms with E-state index in [0.717, 1.165) is 28.5 Å². The molecule has 2 heterocycles. The number of amides is 1. The number of rotatable bonds is 4. The first-order chi connectivity index (χ1) is 10.6. The van der Waals surface area contributed by atoms with E-state index in [0.29, 0.717) is 5.71 Å². The minimum atomic E-state index is -0.214. The third kappa shape index (κ3) is 2.62. The second kappa shape index (κ2) is 5.67. The zero-order valence-electron chi connectivity index (χ0n) is 12.8. The number of pyridine rings is 1. The van der Waals surface area contributed by atoms with E-state index in [-0.39, 0.29) is 17.7 Å². The normalized spacial score (nSPS) is 12.5. The van der Waals surface area contributed by atoms with Crippen LogP contribution in [0.15, 0.2) is 34.7 Å². The lowest BCUT2D eigenvalue weighted by molar-refractivity contribution is 0.0913. The van der Waals surface area contributed by atoms with Crippen LogP contribution in [0.1, 0.15) is 30.8 Å². The molecule has 5 heteroatoms. The minimum Gasteiger partial charge on any atom is -0.497 e. The zero-order valence-corrected chi connectivity index (χ0v) is 12.8. The highest BCUT2D eigenvalue weighted by Crippen LogP contribution is 2.25. The number of ether oxygens (including phenoxy) is 1. The first-order valence-corrected chi connectivity index (χ1v) is 7.30. The van der Waals surface area contributed by atoms with Crippen LogP contribution in [0.2, 0.25) is 0 Å². The Morgan fingerprint density at radius 2 is 2.14 bits per heavy atom. The lowest BCUT2D eigenvalue weighted by atomic mass is 10.2. The molecule has 0 bridgehead atoms. The predicted molar refractivity (Wildman–Crippen MR) is 85.3 cm³/mol. The summed E-state index contributed by atoms with van der Waals surface area (Å²) in [6.45, 7) is 3.98. The van der Waals surface area contributed by atoms with Crippen LogP contribution in [-0.4, -0.2) is 24.0 Å². The maximum atomic E-state index is 12.1. The molecule has 1 amide bonds. The van der Waals surface area contributed by atoms with Gasteiger partial charge in [0.25, 0.3) is 5.91 Å². The molecule has 2 aromatic heterocycles. The number of carbonyl (C=O) groups is 1. The van der Waals surface area contributed by atoms with Crippen LogP contribution in [0.5, 0.6) is 5.75 Å². The number of fused-ring (bicyclic) bond motifs is 2. The molecule has 3 aromatic rings. The van der Waals surface area contributed by atoms with Crippen LogP contribution in [0.4, 0.5) is 0 Å². The smallest absolute Gasteiger partial charge is 0.287 e. The highest BCUT2D eigenvalue weighted by Gasteiger charge is 2.15. The fourth-order valence-electron chi connectivity index (χ4n) is 2.25. The topological polar surface area (TPSA) is 64.4 Å². The first kappa shape index (κ1) is 14.4. The average Bonchev–Trinajstić information content (AvgIpc) is 2.94. The van der Waals surface area contributed by atoms with Gasteiger partial charge < -0.3 is 14.5 Å². The third-order valence-electron chi connectivity index (χ3n) is 3.72. The predicted octanol–water partition coefficient (Wildman–Crippen LogP) is 3.52. The number of methoxy groups -OCH3 is 1. The van der Waals surface area contributed by atoms with Crippen molar-refractivity contribution < 1.29 is 13.9 Å². The Hall–Kier alpha value is -2.56. The van der Waals surface area contributed by atoms with Gasteiger partial charge in [0.15, 0.2) is 5.76 Å². The van der Waals surface area contributed by atoms with Crippen LogP contribution in [-0.2, 0) is 0 Å². The summed E-state index contributed by atoms with van der Waals surface area (Å²) in [6, 6.07) is 9.41. The Labute approximate surface area is 128 Å². The monoisotopic (exact) mass is 298 g/mol. The summed E-state index contributed by atoms with van der Waals surface area (Å²) >= 11 is 0. The van der Waals surface area contributed by atoms with Crippen molar-refractivity contribution in [2.24, 2.45) is 0 Å². The van der Waals surface area contributed by atoms with Crippen molar-refractivity contribution in [2.75, 3.05) is 7.11 Å². The molecule has 0 aliphatic heterocycles. The quantitative estimate of drug-likeness (QED) is 0.800. The molecule has 0 saturated carbocycles. The van der Waals surface area contributed by atoms with Gasteiger partial charge in [0.2, 0.25) is 5.71 Å². The van der Waals surface area contributed by atoms with Crippen molar-refractivity contribution in [2.45, 2.75) is 26.3 Å². The van der Waals surface area contributed by atoms with Gasteiger partial charge in [-0.3, -0.25) is 4.79 Å². The molecular formula is C17H18N2O3. The van der Waals surface area contributed by atoms with Gasteiger partial charge in [0, 0.05) is 16.8 Å². The van der Waals surface area contributed by atoms with Crippen LogP contribution in [0.3, 0.4) is 0 Å². The van der Waals surface area contributed by atoms with Gasteiger partial charge in [-0.25, -0.2) is 4.98 Å². The van der Waals surface area contributed by atoms with Crippen molar-refractivity contribution in [1.29, 1.82) is 0 Å². The molecule has 22 heavy (non-hydrogen) atoms. The van der Waals surface area contributed by atoms with Crippen LogP contribution in [0, 0.1) is 0 Å². The molecule has 0 aliphatic carbocycles. The van der Waals surface area contributed by atoms with E-state index in [1.165, 1.54) is 0 Å². The molecule has 5 nitrogen and oxygen atoms in total. The number of furan rings is 1. The molecule has 1 atom stereocenters. The molecule has 1 N–H and O–H groups in total. The third-order valence-corrected chi connectivity index (χ3v) is 3.72. The van der Waals surface area contributed by atoms with Crippen LogP contribution < -0.4 is 10.1 Å². The number of hydrogen-bond donors (Lipinski definition) is 1. The number of hydrogen-bond acceptors (Lipinski definition) is 4. The second-order valence-corrected chi connectivity index (χ2v) is 5.33. The molecule has 0 aliphatic rings. The largest absolute Gasteiger partial charge is 0.497 e. The fraction of sp³-hybridized carbons (Fsp3) is 0.294. The van der Waals surface area contributed by atoms with Crippen LogP contribution in [0.25, 0.3) is 22.0 Å². The van der Waals surface area contributed by atoms with Gasteiger partial charge in [-0.15, -0.1) is 0 Å². The Balaban J connectivity index is 2.02. The van der Waals surface area contributed by atoms with E-state index >= 15 is 0 Å². The molecule has 1 aromatic carbocycles. The van der Waals surface area contributed by atoms with Crippen LogP contribution >= 0.6 is 0 Å². The summed E-state index contributed by atoms with van der Waals surface area (Å²) in [6.07, 6.45) is 0.869. The van der Waals surface area contributed by atoms with E-state index in [1.807, 2.05) is 38.1 Å². The fourth-order valence-corrected chi connectivity index (χ4v) is 2.25. The Bertz CT molecular complexity index is 838. The standard InChI is InChI=1S/C17H18N2O3/c1-4-10(2)18-16(20)15-9-12-7-11-8-13(21-3)5-6-14(11)19-17(12)22-15/h5-10H,4H2,1-3H3,(H,18,20). The summed E-state index contributed by atoms with van der Waals surface area (Å²) in [5.41, 5.74) is 1.27. The van der Waals surface area contributed by atoms with Gasteiger partial charge in [-0.1, -0.05) is 6.92 Å².